The normalized spacial score (nSPS) is 22.5. The van der Waals surface area contributed by atoms with Crippen LogP contribution in [0.4, 0.5) is 5.69 Å². The molecular weight excluding hydrogens is 380 g/mol. The molecule has 1 saturated heterocycles. The summed E-state index contributed by atoms with van der Waals surface area (Å²) in [5, 5.41) is 12.8. The van der Waals surface area contributed by atoms with Crippen LogP contribution in [0.5, 0.6) is 0 Å². The van der Waals surface area contributed by atoms with E-state index in [1.165, 1.54) is 6.42 Å². The number of anilines is 1. The van der Waals surface area contributed by atoms with E-state index in [0.717, 1.165) is 42.9 Å². The van der Waals surface area contributed by atoms with E-state index in [2.05, 4.69) is 16.3 Å². The van der Waals surface area contributed by atoms with Crippen LogP contribution in [0.15, 0.2) is 52.7 Å². The van der Waals surface area contributed by atoms with E-state index in [1.807, 2.05) is 26.1 Å². The zero-order chi connectivity index (χ0) is 21.3. The minimum atomic E-state index is -0.973. The van der Waals surface area contributed by atoms with Crippen molar-refractivity contribution in [2.75, 3.05) is 18.4 Å². The third-order valence-corrected chi connectivity index (χ3v) is 5.92. The largest absolute Gasteiger partial charge is 0.478 e. The van der Waals surface area contributed by atoms with Crippen LogP contribution in [0.2, 0.25) is 0 Å². The van der Waals surface area contributed by atoms with Crippen molar-refractivity contribution in [1.29, 1.82) is 0 Å². The number of likely N-dealkylation sites (tertiary alicyclic amines) is 1. The molecule has 30 heavy (non-hydrogen) atoms. The average molecular weight is 409 g/mol. The van der Waals surface area contributed by atoms with Gasteiger partial charge in [0.15, 0.2) is 6.17 Å². The van der Waals surface area contributed by atoms with Gasteiger partial charge in [-0.3, -0.25) is 9.69 Å². The van der Waals surface area contributed by atoms with Crippen molar-refractivity contribution in [2.45, 2.75) is 51.7 Å². The highest BCUT2D eigenvalue weighted by molar-refractivity contribution is 6.02. The Kier molecular flexibility index (Phi) is 5.61. The minimum Gasteiger partial charge on any atom is -0.478 e. The van der Waals surface area contributed by atoms with Crippen molar-refractivity contribution in [2.24, 2.45) is 4.99 Å². The molecule has 0 radical (unpaired) electrons. The molecule has 0 spiro atoms. The Hall–Kier alpha value is -3.09. The molecule has 7 nitrogen and oxygen atoms in total. The lowest BCUT2D eigenvalue weighted by Crippen LogP contribution is -2.50. The number of carboxylic acids is 1. The fraction of sp³-hybridized carbons (Fsp3) is 0.435. The number of hydrogen-bond donors (Lipinski definition) is 2. The first-order chi connectivity index (χ1) is 14.4. The summed E-state index contributed by atoms with van der Waals surface area (Å²) in [5.41, 5.74) is 2.71. The molecule has 0 saturated carbocycles. The minimum absolute atomic E-state index is 0.0543. The zero-order valence-electron chi connectivity index (χ0n) is 17.5. The number of hydrogen-bond acceptors (Lipinski definition) is 5. The quantitative estimate of drug-likeness (QED) is 0.797. The number of amidine groups is 1. The molecule has 158 valence electrons. The molecule has 0 bridgehead atoms. The maximum Gasteiger partial charge on any atom is 0.337 e. The SMILES string of the molecule is CC1=CN2C(=O)CC(N3CCCCC3)=NC2C(C(C)Nc2ccccc2C(=O)O)=C1. The Morgan fingerprint density at radius 3 is 2.70 bits per heavy atom. The topological polar surface area (TPSA) is 85.2 Å². The number of aromatic carboxylic acids is 1. The molecule has 0 aromatic heterocycles. The van der Waals surface area contributed by atoms with Crippen molar-refractivity contribution >= 4 is 23.4 Å². The fourth-order valence-corrected chi connectivity index (χ4v) is 4.39. The second-order valence-corrected chi connectivity index (χ2v) is 8.18. The maximum absolute atomic E-state index is 12.9. The lowest BCUT2D eigenvalue weighted by Gasteiger charge is -2.40. The van der Waals surface area contributed by atoms with Gasteiger partial charge in [-0.05, 0) is 56.4 Å². The predicted octanol–water partition coefficient (Wildman–Crippen LogP) is 3.47. The molecule has 2 N–H and O–H groups in total. The third-order valence-electron chi connectivity index (χ3n) is 5.92. The Bertz CT molecular complexity index is 944. The van der Waals surface area contributed by atoms with Gasteiger partial charge in [-0.25, -0.2) is 9.79 Å². The second-order valence-electron chi connectivity index (χ2n) is 8.18. The van der Waals surface area contributed by atoms with Gasteiger partial charge in [0, 0.05) is 31.0 Å². The van der Waals surface area contributed by atoms with Crippen molar-refractivity contribution in [1.82, 2.24) is 9.80 Å². The molecule has 2 unspecified atom stereocenters. The number of benzene rings is 1. The Morgan fingerprint density at radius 1 is 1.23 bits per heavy atom. The summed E-state index contributed by atoms with van der Waals surface area (Å²) < 4.78 is 0. The van der Waals surface area contributed by atoms with Gasteiger partial charge < -0.3 is 15.3 Å². The van der Waals surface area contributed by atoms with Gasteiger partial charge >= 0.3 is 5.97 Å². The molecule has 3 aliphatic rings. The number of allylic oxidation sites excluding steroid dienone is 2. The van der Waals surface area contributed by atoms with Gasteiger partial charge in [-0.15, -0.1) is 0 Å². The Labute approximate surface area is 176 Å². The summed E-state index contributed by atoms with van der Waals surface area (Å²) >= 11 is 0. The molecular formula is C23H28N4O3. The lowest BCUT2D eigenvalue weighted by molar-refractivity contribution is -0.129. The van der Waals surface area contributed by atoms with Crippen LogP contribution in [-0.2, 0) is 4.79 Å². The molecule has 2 atom stereocenters. The monoisotopic (exact) mass is 408 g/mol. The van der Waals surface area contributed by atoms with Crippen LogP contribution < -0.4 is 5.32 Å². The van der Waals surface area contributed by atoms with E-state index in [1.54, 1.807) is 23.1 Å². The van der Waals surface area contributed by atoms with Gasteiger partial charge in [0.2, 0.25) is 5.91 Å². The number of carbonyl (C=O) groups excluding carboxylic acids is 1. The number of aliphatic imine (C=N–C) groups is 1. The highest BCUT2D eigenvalue weighted by atomic mass is 16.4. The van der Waals surface area contributed by atoms with Gasteiger partial charge in [0.1, 0.15) is 5.84 Å². The number of rotatable bonds is 4. The predicted molar refractivity (Wildman–Crippen MR) is 116 cm³/mol. The van der Waals surface area contributed by atoms with Gasteiger partial charge in [-0.2, -0.15) is 0 Å². The second kappa shape index (κ2) is 8.34. The molecule has 7 heteroatoms. The molecule has 4 rings (SSSR count). The van der Waals surface area contributed by atoms with Crippen molar-refractivity contribution in [3.8, 4) is 0 Å². The number of amides is 1. The lowest BCUT2D eigenvalue weighted by atomic mass is 9.96. The number of nitrogens with one attached hydrogen (secondary N) is 1. The van der Waals surface area contributed by atoms with Crippen LogP contribution in [-0.4, -0.2) is 57.9 Å². The van der Waals surface area contributed by atoms with Crippen molar-refractivity contribution in [3.05, 3.63) is 53.3 Å². The van der Waals surface area contributed by atoms with Crippen molar-refractivity contribution < 1.29 is 14.7 Å². The molecule has 1 fully saturated rings. The first kappa shape index (κ1) is 20.2. The molecule has 1 amide bonds. The number of carboxylic acid groups (broad SMARTS) is 1. The van der Waals surface area contributed by atoms with E-state index in [0.29, 0.717) is 12.1 Å². The number of fused-ring (bicyclic) bond motifs is 1. The fourth-order valence-electron chi connectivity index (χ4n) is 4.39. The highest BCUT2D eigenvalue weighted by Crippen LogP contribution is 2.31. The van der Waals surface area contributed by atoms with E-state index in [9.17, 15) is 14.7 Å². The van der Waals surface area contributed by atoms with Crippen molar-refractivity contribution in [3.63, 3.8) is 0 Å². The average Bonchev–Trinajstić information content (AvgIpc) is 2.74. The highest BCUT2D eigenvalue weighted by Gasteiger charge is 2.36. The van der Waals surface area contributed by atoms with Gasteiger partial charge in [0.25, 0.3) is 0 Å². The summed E-state index contributed by atoms with van der Waals surface area (Å²) in [5.74, 6) is -0.0459. The smallest absolute Gasteiger partial charge is 0.337 e. The van der Waals surface area contributed by atoms with E-state index >= 15 is 0 Å². The number of carbonyl (C=O) groups is 2. The van der Waals surface area contributed by atoms with Crippen LogP contribution in [0.25, 0.3) is 0 Å². The standard InChI is InChI=1S/C23H28N4O3/c1-15-12-18(16(2)24-19-9-5-4-8-17(19)23(29)30)22-25-20(13-21(28)27(22)14-15)26-10-6-3-7-11-26/h4-5,8-9,12,14,16,22,24H,3,6-7,10-11,13H2,1-2H3,(H,29,30). The van der Waals surface area contributed by atoms with Crippen LogP contribution in [0, 0.1) is 0 Å². The number of nitrogens with zero attached hydrogens (tertiary/aromatic N) is 3. The number of para-hydroxylation sites is 1. The first-order valence-electron chi connectivity index (χ1n) is 10.6. The Balaban J connectivity index is 1.63. The summed E-state index contributed by atoms with van der Waals surface area (Å²) in [6.07, 6.45) is 7.34. The van der Waals surface area contributed by atoms with E-state index < -0.39 is 12.1 Å². The number of piperidine rings is 1. The molecule has 0 aliphatic carbocycles. The summed E-state index contributed by atoms with van der Waals surface area (Å²) in [7, 11) is 0. The van der Waals surface area contributed by atoms with Gasteiger partial charge in [0.05, 0.1) is 12.0 Å². The van der Waals surface area contributed by atoms with Crippen LogP contribution in [0.3, 0.4) is 0 Å². The molecule has 3 aliphatic heterocycles. The molecule has 1 aromatic rings. The summed E-state index contributed by atoms with van der Waals surface area (Å²) in [6, 6.07) is 6.67. The van der Waals surface area contributed by atoms with E-state index in [4.69, 9.17) is 4.99 Å². The zero-order valence-corrected chi connectivity index (χ0v) is 17.5. The van der Waals surface area contributed by atoms with Crippen LogP contribution >= 0.6 is 0 Å². The summed E-state index contributed by atoms with van der Waals surface area (Å²) in [4.78, 5) is 33.5. The maximum atomic E-state index is 12.9. The third kappa shape index (κ3) is 3.97. The molecule has 3 heterocycles. The van der Waals surface area contributed by atoms with Crippen LogP contribution in [0.1, 0.15) is 49.9 Å². The van der Waals surface area contributed by atoms with Gasteiger partial charge in [-0.1, -0.05) is 18.2 Å². The van der Waals surface area contributed by atoms with E-state index in [-0.39, 0.29) is 17.5 Å². The Morgan fingerprint density at radius 2 is 1.97 bits per heavy atom. The molecule has 1 aromatic carbocycles. The summed E-state index contributed by atoms with van der Waals surface area (Å²) in [6.45, 7) is 5.85. The first-order valence-corrected chi connectivity index (χ1v) is 10.6.